The summed E-state index contributed by atoms with van der Waals surface area (Å²) in [4.78, 5) is 29.4. The predicted molar refractivity (Wildman–Crippen MR) is 111 cm³/mol. The first-order valence-electron chi connectivity index (χ1n) is 10.4. The second kappa shape index (κ2) is 8.19. The number of amides is 2. The number of rotatable bonds is 3. The molecule has 0 saturated carbocycles. The van der Waals surface area contributed by atoms with Crippen LogP contribution in [0, 0.1) is 11.2 Å². The van der Waals surface area contributed by atoms with Crippen LogP contribution in [0.2, 0.25) is 0 Å². The maximum absolute atomic E-state index is 13.4. The molecule has 30 heavy (non-hydrogen) atoms. The van der Waals surface area contributed by atoms with E-state index in [1.807, 2.05) is 30.3 Å². The van der Waals surface area contributed by atoms with Crippen molar-refractivity contribution in [1.29, 1.82) is 0 Å². The van der Waals surface area contributed by atoms with E-state index in [2.05, 4.69) is 0 Å². The van der Waals surface area contributed by atoms with E-state index in [0.717, 1.165) is 5.56 Å². The lowest BCUT2D eigenvalue weighted by atomic mass is 9.68. The highest BCUT2D eigenvalue weighted by Gasteiger charge is 2.51. The number of hydrogen-bond acceptors (Lipinski definition) is 3. The molecular weight excluding hydrogens is 383 g/mol. The summed E-state index contributed by atoms with van der Waals surface area (Å²) in [5, 5.41) is 10.9. The fraction of sp³-hybridized carbons (Fsp3) is 0.417. The molecule has 2 aliphatic heterocycles. The summed E-state index contributed by atoms with van der Waals surface area (Å²) in [6.45, 7) is 0.937. The van der Waals surface area contributed by atoms with Gasteiger partial charge in [0.05, 0.1) is 24.0 Å². The normalized spacial score (nSPS) is 23.6. The average Bonchev–Trinajstić information content (AvgIpc) is 2.73. The molecule has 4 rings (SSSR count). The summed E-state index contributed by atoms with van der Waals surface area (Å²) in [6, 6.07) is 15.3. The van der Waals surface area contributed by atoms with Crippen molar-refractivity contribution in [2.24, 2.45) is 5.41 Å². The number of benzene rings is 2. The van der Waals surface area contributed by atoms with Gasteiger partial charge in [-0.05, 0) is 42.5 Å². The fourth-order valence-electron chi connectivity index (χ4n) is 4.99. The molecule has 1 spiro atoms. The van der Waals surface area contributed by atoms with Crippen LogP contribution < -0.4 is 0 Å². The third-order valence-electron chi connectivity index (χ3n) is 6.61. The molecule has 1 N–H and O–H groups in total. The summed E-state index contributed by atoms with van der Waals surface area (Å²) < 4.78 is 13.4. The third-order valence-corrected chi connectivity index (χ3v) is 6.61. The Morgan fingerprint density at radius 2 is 1.83 bits per heavy atom. The number of likely N-dealkylation sites (tertiary alicyclic amines) is 2. The number of likely N-dealkylation sites (N-methyl/N-ethyl adjacent to an activating group) is 1. The highest BCUT2D eigenvalue weighted by molar-refractivity contribution is 5.85. The Kier molecular flexibility index (Phi) is 5.60. The Bertz CT molecular complexity index is 925. The first-order valence-corrected chi connectivity index (χ1v) is 10.4. The number of hydrogen-bond donors (Lipinski definition) is 1. The van der Waals surface area contributed by atoms with Crippen LogP contribution in [-0.4, -0.2) is 53.0 Å². The molecule has 0 aromatic heterocycles. The topological polar surface area (TPSA) is 60.9 Å². The number of carbonyl (C=O) groups excluding carboxylic acids is 2. The van der Waals surface area contributed by atoms with E-state index >= 15 is 0 Å². The van der Waals surface area contributed by atoms with E-state index in [0.29, 0.717) is 37.9 Å². The van der Waals surface area contributed by atoms with E-state index in [-0.39, 0.29) is 30.1 Å². The van der Waals surface area contributed by atoms with E-state index < -0.39 is 11.5 Å². The minimum absolute atomic E-state index is 0.0406. The molecule has 0 bridgehead atoms. The van der Waals surface area contributed by atoms with E-state index in [1.54, 1.807) is 29.0 Å². The number of carbonyl (C=O) groups is 2. The summed E-state index contributed by atoms with van der Waals surface area (Å²) in [5.74, 6) is -0.371. The predicted octanol–water partition coefficient (Wildman–Crippen LogP) is 2.94. The van der Waals surface area contributed by atoms with E-state index in [4.69, 9.17) is 0 Å². The van der Waals surface area contributed by atoms with Crippen molar-refractivity contribution in [3.05, 3.63) is 71.5 Å². The SMILES string of the molecule is CN1C(=O)C2(CCN(C(=O)Cc3cccc(F)c3)CC2)C[C@@H](O)[C@@H]1c1ccccc1. The summed E-state index contributed by atoms with van der Waals surface area (Å²) in [6.07, 6.45) is 0.969. The summed E-state index contributed by atoms with van der Waals surface area (Å²) >= 11 is 0. The molecule has 0 unspecified atom stereocenters. The maximum atomic E-state index is 13.4. The lowest BCUT2D eigenvalue weighted by Gasteiger charge is -2.50. The van der Waals surface area contributed by atoms with Crippen LogP contribution >= 0.6 is 0 Å². The van der Waals surface area contributed by atoms with Crippen LogP contribution in [0.3, 0.4) is 0 Å². The second-order valence-corrected chi connectivity index (χ2v) is 8.51. The van der Waals surface area contributed by atoms with Crippen molar-refractivity contribution in [2.75, 3.05) is 20.1 Å². The molecule has 2 aliphatic rings. The first-order chi connectivity index (χ1) is 14.4. The lowest BCUT2D eigenvalue weighted by molar-refractivity contribution is -0.163. The van der Waals surface area contributed by atoms with Crippen LogP contribution in [-0.2, 0) is 16.0 Å². The monoisotopic (exact) mass is 410 g/mol. The van der Waals surface area contributed by atoms with Crippen LogP contribution in [0.25, 0.3) is 0 Å². The zero-order valence-corrected chi connectivity index (χ0v) is 17.1. The average molecular weight is 410 g/mol. The Hall–Kier alpha value is -2.73. The highest BCUT2D eigenvalue weighted by Crippen LogP contribution is 2.46. The number of aliphatic hydroxyl groups is 1. The third kappa shape index (κ3) is 3.84. The number of nitrogens with zero attached hydrogens (tertiary/aromatic N) is 2. The number of halogens is 1. The molecule has 6 heteroatoms. The van der Waals surface area contributed by atoms with Gasteiger partial charge in [0.1, 0.15) is 5.82 Å². The zero-order valence-electron chi connectivity index (χ0n) is 17.1. The van der Waals surface area contributed by atoms with Gasteiger partial charge >= 0.3 is 0 Å². The van der Waals surface area contributed by atoms with Crippen LogP contribution in [0.1, 0.15) is 36.4 Å². The first kappa shape index (κ1) is 20.5. The summed E-state index contributed by atoms with van der Waals surface area (Å²) in [5.41, 5.74) is 0.947. The van der Waals surface area contributed by atoms with Gasteiger partial charge in [0.25, 0.3) is 0 Å². The molecule has 2 fully saturated rings. The molecule has 5 nitrogen and oxygen atoms in total. The molecule has 0 radical (unpaired) electrons. The minimum atomic E-state index is -0.648. The molecule has 2 aromatic carbocycles. The van der Waals surface area contributed by atoms with Crippen molar-refractivity contribution in [3.63, 3.8) is 0 Å². The maximum Gasteiger partial charge on any atom is 0.229 e. The standard InChI is InChI=1S/C24H27FN2O3/c1-26-22(18-7-3-2-4-8-18)20(28)16-24(23(26)30)10-12-27(13-11-24)21(29)15-17-6-5-9-19(25)14-17/h2-9,14,20,22,28H,10-13,15-16H2,1H3/t20-,22+/m1/s1. The molecule has 2 amide bonds. The van der Waals surface area contributed by atoms with Gasteiger partial charge in [0.2, 0.25) is 11.8 Å². The molecular formula is C24H27FN2O3. The van der Waals surface area contributed by atoms with Gasteiger partial charge in [-0.25, -0.2) is 4.39 Å². The van der Waals surface area contributed by atoms with Crippen molar-refractivity contribution in [1.82, 2.24) is 9.80 Å². The molecule has 2 aromatic rings. The second-order valence-electron chi connectivity index (χ2n) is 8.51. The summed E-state index contributed by atoms with van der Waals surface area (Å²) in [7, 11) is 1.76. The lowest BCUT2D eigenvalue weighted by Crippen LogP contribution is -2.58. The quantitative estimate of drug-likeness (QED) is 0.846. The number of piperidine rings is 2. The fourth-order valence-corrected chi connectivity index (χ4v) is 4.99. The van der Waals surface area contributed by atoms with Crippen molar-refractivity contribution >= 4 is 11.8 Å². The van der Waals surface area contributed by atoms with Gasteiger partial charge in [-0.3, -0.25) is 9.59 Å². The van der Waals surface area contributed by atoms with Crippen molar-refractivity contribution in [2.45, 2.75) is 37.8 Å². The Labute approximate surface area is 176 Å². The largest absolute Gasteiger partial charge is 0.391 e. The Morgan fingerprint density at radius 3 is 2.50 bits per heavy atom. The Morgan fingerprint density at radius 1 is 1.13 bits per heavy atom. The molecule has 158 valence electrons. The molecule has 2 atom stereocenters. The number of aliphatic hydroxyl groups excluding tert-OH is 1. The molecule has 2 saturated heterocycles. The minimum Gasteiger partial charge on any atom is -0.391 e. The molecule has 0 aliphatic carbocycles. The van der Waals surface area contributed by atoms with E-state index in [1.165, 1.54) is 12.1 Å². The van der Waals surface area contributed by atoms with Crippen molar-refractivity contribution in [3.8, 4) is 0 Å². The van der Waals surface area contributed by atoms with Gasteiger partial charge in [-0.2, -0.15) is 0 Å². The highest BCUT2D eigenvalue weighted by atomic mass is 19.1. The van der Waals surface area contributed by atoms with Crippen LogP contribution in [0.4, 0.5) is 4.39 Å². The smallest absolute Gasteiger partial charge is 0.229 e. The Balaban J connectivity index is 1.42. The van der Waals surface area contributed by atoms with Gasteiger partial charge in [0.15, 0.2) is 0 Å². The van der Waals surface area contributed by atoms with Crippen molar-refractivity contribution < 1.29 is 19.1 Å². The molecule has 2 heterocycles. The zero-order chi connectivity index (χ0) is 21.3. The van der Waals surface area contributed by atoms with E-state index in [9.17, 15) is 19.1 Å². The van der Waals surface area contributed by atoms with Gasteiger partial charge in [-0.1, -0.05) is 42.5 Å². The van der Waals surface area contributed by atoms with Crippen LogP contribution in [0.15, 0.2) is 54.6 Å². The van der Waals surface area contributed by atoms with Gasteiger partial charge in [-0.15, -0.1) is 0 Å². The van der Waals surface area contributed by atoms with Gasteiger partial charge in [0, 0.05) is 20.1 Å². The van der Waals surface area contributed by atoms with Gasteiger partial charge < -0.3 is 14.9 Å². The van der Waals surface area contributed by atoms with Crippen LogP contribution in [0.5, 0.6) is 0 Å².